The number of rotatable bonds is 3. The van der Waals surface area contributed by atoms with E-state index in [4.69, 9.17) is 10.8 Å². The fourth-order valence-electron chi connectivity index (χ4n) is 1.09. The molecule has 14 heavy (non-hydrogen) atoms. The topological polar surface area (TPSA) is 46.2 Å². The molecule has 0 saturated heterocycles. The van der Waals surface area contributed by atoms with Crippen LogP contribution in [0.25, 0.3) is 0 Å². The van der Waals surface area contributed by atoms with Crippen molar-refractivity contribution in [2.45, 2.75) is 12.5 Å². The van der Waals surface area contributed by atoms with Gasteiger partial charge in [0.05, 0.1) is 6.61 Å². The molecular formula is C9H10BrF2NO. The van der Waals surface area contributed by atoms with Gasteiger partial charge < -0.3 is 10.8 Å². The molecule has 0 saturated carbocycles. The Balaban J connectivity index is 2.96. The van der Waals surface area contributed by atoms with Crippen LogP contribution >= 0.6 is 15.9 Å². The van der Waals surface area contributed by atoms with Crippen LogP contribution in [-0.2, 0) is 6.42 Å². The summed E-state index contributed by atoms with van der Waals surface area (Å²) in [5.41, 5.74) is 5.30. The molecule has 0 bridgehead atoms. The van der Waals surface area contributed by atoms with Crippen LogP contribution in [0.4, 0.5) is 8.78 Å². The van der Waals surface area contributed by atoms with Crippen molar-refractivity contribution in [2.75, 3.05) is 6.61 Å². The summed E-state index contributed by atoms with van der Waals surface area (Å²) in [4.78, 5) is 0. The maximum absolute atomic E-state index is 13.2. The Hall–Kier alpha value is -0.520. The highest BCUT2D eigenvalue weighted by Crippen LogP contribution is 2.20. The fourth-order valence-corrected chi connectivity index (χ4v) is 1.50. The van der Waals surface area contributed by atoms with Crippen molar-refractivity contribution in [3.8, 4) is 0 Å². The number of benzene rings is 1. The summed E-state index contributed by atoms with van der Waals surface area (Å²) in [5.74, 6) is -1.30. The van der Waals surface area contributed by atoms with Crippen LogP contribution in [0.5, 0.6) is 0 Å². The fraction of sp³-hybridized carbons (Fsp3) is 0.333. The lowest BCUT2D eigenvalue weighted by atomic mass is 10.1. The van der Waals surface area contributed by atoms with E-state index in [0.717, 1.165) is 0 Å². The van der Waals surface area contributed by atoms with E-state index in [2.05, 4.69) is 15.9 Å². The summed E-state index contributed by atoms with van der Waals surface area (Å²) in [6.07, 6.45) is -0.0125. The summed E-state index contributed by atoms with van der Waals surface area (Å²) in [5, 5.41) is 8.65. The van der Waals surface area contributed by atoms with Gasteiger partial charge in [-0.05, 0) is 18.6 Å². The normalized spacial score (nSPS) is 12.9. The lowest BCUT2D eigenvalue weighted by molar-refractivity contribution is 0.263. The maximum atomic E-state index is 13.2. The van der Waals surface area contributed by atoms with Crippen molar-refractivity contribution in [1.82, 2.24) is 0 Å². The molecule has 0 aliphatic carbocycles. The molecule has 0 spiro atoms. The predicted molar refractivity (Wildman–Crippen MR) is 52.8 cm³/mol. The molecule has 0 aliphatic rings. The SMILES string of the molecule is N[C@@H](CO)Cc1c(F)cc(Br)cc1F. The quantitative estimate of drug-likeness (QED) is 0.872. The second-order valence-electron chi connectivity index (χ2n) is 2.99. The molecule has 0 amide bonds. The number of aliphatic hydroxyl groups excluding tert-OH is 1. The van der Waals surface area contributed by atoms with Crippen molar-refractivity contribution in [1.29, 1.82) is 0 Å². The molecule has 0 heterocycles. The summed E-state index contributed by atoms with van der Waals surface area (Å²) < 4.78 is 26.7. The predicted octanol–water partition coefficient (Wildman–Crippen LogP) is 1.59. The highest BCUT2D eigenvalue weighted by molar-refractivity contribution is 9.10. The Morgan fingerprint density at radius 1 is 1.36 bits per heavy atom. The van der Waals surface area contributed by atoms with Gasteiger partial charge in [-0.1, -0.05) is 15.9 Å². The molecule has 1 rings (SSSR count). The van der Waals surface area contributed by atoms with Gasteiger partial charge in [0.25, 0.3) is 0 Å². The molecule has 0 aliphatic heterocycles. The Morgan fingerprint density at radius 3 is 2.29 bits per heavy atom. The molecule has 0 radical (unpaired) electrons. The van der Waals surface area contributed by atoms with E-state index in [9.17, 15) is 8.78 Å². The monoisotopic (exact) mass is 265 g/mol. The molecule has 0 aromatic heterocycles. The third-order valence-electron chi connectivity index (χ3n) is 1.81. The van der Waals surface area contributed by atoms with Gasteiger partial charge >= 0.3 is 0 Å². The third kappa shape index (κ3) is 2.73. The van der Waals surface area contributed by atoms with Crippen molar-refractivity contribution < 1.29 is 13.9 Å². The maximum Gasteiger partial charge on any atom is 0.130 e. The molecule has 1 aromatic carbocycles. The van der Waals surface area contributed by atoms with Crippen molar-refractivity contribution in [3.05, 3.63) is 33.8 Å². The van der Waals surface area contributed by atoms with Gasteiger partial charge in [-0.2, -0.15) is 0 Å². The highest BCUT2D eigenvalue weighted by Gasteiger charge is 2.13. The first kappa shape index (κ1) is 11.6. The minimum Gasteiger partial charge on any atom is -0.395 e. The number of nitrogens with two attached hydrogens (primary N) is 1. The molecule has 1 atom stereocenters. The first-order valence-corrected chi connectivity index (χ1v) is 4.83. The van der Waals surface area contributed by atoms with Crippen LogP contribution in [0.1, 0.15) is 5.56 Å². The lowest BCUT2D eigenvalue weighted by Crippen LogP contribution is -2.27. The van der Waals surface area contributed by atoms with Crippen LogP contribution in [0.15, 0.2) is 16.6 Å². The standard InChI is InChI=1S/C9H10BrF2NO/c10-5-1-8(11)7(9(12)2-5)3-6(13)4-14/h1-2,6,14H,3-4,13H2/t6-/m1/s1. The number of halogens is 3. The number of hydrogen-bond acceptors (Lipinski definition) is 2. The van der Waals surface area contributed by atoms with Gasteiger partial charge in [0.15, 0.2) is 0 Å². The molecule has 3 N–H and O–H groups in total. The van der Waals surface area contributed by atoms with E-state index in [-0.39, 0.29) is 18.6 Å². The third-order valence-corrected chi connectivity index (χ3v) is 2.26. The van der Waals surface area contributed by atoms with Crippen molar-refractivity contribution in [2.24, 2.45) is 5.73 Å². The molecule has 1 aromatic rings. The van der Waals surface area contributed by atoms with Gasteiger partial charge in [-0.3, -0.25) is 0 Å². The van der Waals surface area contributed by atoms with Crippen molar-refractivity contribution >= 4 is 15.9 Å². The van der Waals surface area contributed by atoms with Gasteiger partial charge in [0.1, 0.15) is 11.6 Å². The highest BCUT2D eigenvalue weighted by atomic mass is 79.9. The molecular weight excluding hydrogens is 256 g/mol. The smallest absolute Gasteiger partial charge is 0.130 e. The summed E-state index contributed by atoms with van der Waals surface area (Å²) in [7, 11) is 0. The van der Waals surface area contributed by atoms with Crippen LogP contribution in [0.2, 0.25) is 0 Å². The Labute approximate surface area is 88.9 Å². The van der Waals surface area contributed by atoms with E-state index >= 15 is 0 Å². The first-order chi connectivity index (χ1) is 6.54. The largest absolute Gasteiger partial charge is 0.395 e. The van der Waals surface area contributed by atoms with E-state index in [0.29, 0.717) is 4.47 Å². The van der Waals surface area contributed by atoms with Gasteiger partial charge in [-0.25, -0.2) is 8.78 Å². The molecule has 0 fully saturated rings. The van der Waals surface area contributed by atoms with Crippen LogP contribution < -0.4 is 5.73 Å². The van der Waals surface area contributed by atoms with Gasteiger partial charge in [0, 0.05) is 16.1 Å². The average Bonchev–Trinajstić information content (AvgIpc) is 2.10. The van der Waals surface area contributed by atoms with E-state index in [1.165, 1.54) is 12.1 Å². The van der Waals surface area contributed by atoms with E-state index < -0.39 is 17.7 Å². The minimum atomic E-state index is -0.652. The minimum absolute atomic E-state index is 0.0125. The van der Waals surface area contributed by atoms with Gasteiger partial charge in [-0.15, -0.1) is 0 Å². The molecule has 78 valence electrons. The number of hydrogen-bond donors (Lipinski definition) is 2. The lowest BCUT2D eigenvalue weighted by Gasteiger charge is -2.10. The first-order valence-electron chi connectivity index (χ1n) is 4.04. The van der Waals surface area contributed by atoms with E-state index in [1.807, 2.05) is 0 Å². The zero-order valence-electron chi connectivity index (χ0n) is 7.30. The van der Waals surface area contributed by atoms with E-state index in [1.54, 1.807) is 0 Å². The van der Waals surface area contributed by atoms with Crippen LogP contribution in [0, 0.1) is 11.6 Å². The van der Waals surface area contributed by atoms with Crippen molar-refractivity contribution in [3.63, 3.8) is 0 Å². The number of aliphatic hydroxyl groups is 1. The Bertz CT molecular complexity index is 310. The molecule has 0 unspecified atom stereocenters. The second-order valence-corrected chi connectivity index (χ2v) is 3.91. The zero-order chi connectivity index (χ0) is 10.7. The summed E-state index contributed by atoms with van der Waals surface area (Å²) in [6, 6.07) is 1.70. The molecule has 2 nitrogen and oxygen atoms in total. The Kier molecular flexibility index (Phi) is 3.97. The van der Waals surface area contributed by atoms with Gasteiger partial charge in [0.2, 0.25) is 0 Å². The molecule has 5 heteroatoms. The average molecular weight is 266 g/mol. The Morgan fingerprint density at radius 2 is 1.86 bits per heavy atom. The van der Waals surface area contributed by atoms with Crippen LogP contribution in [-0.4, -0.2) is 17.8 Å². The zero-order valence-corrected chi connectivity index (χ0v) is 8.89. The summed E-state index contributed by atoms with van der Waals surface area (Å²) in [6.45, 7) is -0.297. The second kappa shape index (κ2) is 4.82. The summed E-state index contributed by atoms with van der Waals surface area (Å²) >= 11 is 2.97. The van der Waals surface area contributed by atoms with Crippen LogP contribution in [0.3, 0.4) is 0 Å².